The van der Waals surface area contributed by atoms with Gasteiger partial charge in [0.1, 0.15) is 53.8 Å². The van der Waals surface area contributed by atoms with Gasteiger partial charge in [0.2, 0.25) is 0 Å². The van der Waals surface area contributed by atoms with E-state index in [9.17, 15) is 19.6 Å². The number of ether oxygens (including phenoxy) is 6. The van der Waals surface area contributed by atoms with Crippen LogP contribution < -0.4 is 45.9 Å². The molecule has 8 rings (SSSR count). The van der Waals surface area contributed by atoms with Crippen molar-refractivity contribution in [3.8, 4) is 40.6 Å². The lowest BCUT2D eigenvalue weighted by atomic mass is 10.1. The van der Waals surface area contributed by atoms with Gasteiger partial charge >= 0.3 is 12.1 Å². The summed E-state index contributed by atoms with van der Waals surface area (Å²) < 4.78 is 33.3. The normalized spacial score (nSPS) is 12.8. The van der Waals surface area contributed by atoms with Crippen LogP contribution in [-0.4, -0.2) is 80.7 Å². The first-order valence-corrected chi connectivity index (χ1v) is 20.2. The van der Waals surface area contributed by atoms with Gasteiger partial charge in [-0.2, -0.15) is 5.26 Å². The zero-order chi connectivity index (χ0) is 44.1. The van der Waals surface area contributed by atoms with Gasteiger partial charge in [0, 0.05) is 73.0 Å². The van der Waals surface area contributed by atoms with Gasteiger partial charge in [0.05, 0.1) is 35.4 Å². The number of methoxy groups -OCH3 is 2. The van der Waals surface area contributed by atoms with E-state index in [1.807, 2.05) is 0 Å². The number of aromatic nitrogens is 2. The van der Waals surface area contributed by atoms with Crippen molar-refractivity contribution in [2.24, 2.45) is 5.73 Å². The minimum Gasteiger partial charge on any atom is -0.490 e. The number of amides is 5. The fourth-order valence-corrected chi connectivity index (χ4v) is 6.09. The van der Waals surface area contributed by atoms with Crippen LogP contribution in [0.15, 0.2) is 97.3 Å². The van der Waals surface area contributed by atoms with Crippen molar-refractivity contribution in [3.63, 3.8) is 0 Å². The first-order chi connectivity index (χ1) is 30.7. The summed E-state index contributed by atoms with van der Waals surface area (Å²) in [6.07, 6.45) is 7.37. The summed E-state index contributed by atoms with van der Waals surface area (Å²) in [5.41, 5.74) is 8.75. The number of carbonyl (C=O) groups is 3. The van der Waals surface area contributed by atoms with E-state index in [-0.39, 0.29) is 30.3 Å². The smallest absolute Gasteiger partial charge is 0.319 e. The number of carbonyl (C=O) groups excluding carboxylic acids is 3. The molecule has 2 fully saturated rings. The molecule has 0 atom stereocenters. The number of nitrogens with one attached hydrogen (secondary N) is 4. The molecule has 324 valence electrons. The number of rotatable bonds is 17. The molecule has 4 aromatic carbocycles. The second kappa shape index (κ2) is 20.7. The number of pyridine rings is 2. The third-order valence-electron chi connectivity index (χ3n) is 9.59. The number of hydrogen-bond donors (Lipinski definition) is 5. The zero-order valence-electron chi connectivity index (χ0n) is 34.6. The van der Waals surface area contributed by atoms with Crippen LogP contribution in [0, 0.1) is 11.3 Å². The number of urea groups is 2. The molecule has 2 aliphatic carbocycles. The van der Waals surface area contributed by atoms with Crippen molar-refractivity contribution >= 4 is 51.2 Å². The van der Waals surface area contributed by atoms with Crippen LogP contribution in [0.4, 0.5) is 21.0 Å². The predicted octanol–water partition coefficient (Wildman–Crippen LogP) is 7.64. The lowest BCUT2D eigenvalue weighted by Gasteiger charge is -2.13. The predicted molar refractivity (Wildman–Crippen MR) is 235 cm³/mol. The molecule has 2 heterocycles. The molecular weight excluding hydrogens is 809 g/mol. The molecule has 5 amide bonds. The van der Waals surface area contributed by atoms with Crippen LogP contribution in [0.1, 0.15) is 41.6 Å². The van der Waals surface area contributed by atoms with Gasteiger partial charge in [-0.3, -0.25) is 14.8 Å². The Kier molecular flexibility index (Phi) is 14.3. The van der Waals surface area contributed by atoms with Crippen LogP contribution in [-0.2, 0) is 9.47 Å². The Labute approximate surface area is 362 Å². The molecule has 0 radical (unpaired) electrons. The molecule has 0 aliphatic heterocycles. The maximum atomic E-state index is 12.0. The Morgan fingerprint density at radius 2 is 1.10 bits per heavy atom. The highest BCUT2D eigenvalue weighted by Crippen LogP contribution is 2.35. The summed E-state index contributed by atoms with van der Waals surface area (Å²) in [5, 5.41) is 22.2. The van der Waals surface area contributed by atoms with Gasteiger partial charge in [0.15, 0.2) is 0 Å². The van der Waals surface area contributed by atoms with Crippen molar-refractivity contribution in [3.05, 3.63) is 108 Å². The lowest BCUT2D eigenvalue weighted by molar-refractivity contribution is 0.0992. The van der Waals surface area contributed by atoms with Gasteiger partial charge in [-0.15, -0.1) is 0 Å². The molecule has 17 heteroatoms. The molecule has 0 bridgehead atoms. The maximum absolute atomic E-state index is 12.0. The van der Waals surface area contributed by atoms with E-state index in [1.54, 1.807) is 112 Å². The Morgan fingerprint density at radius 1 is 0.635 bits per heavy atom. The molecule has 0 saturated heterocycles. The standard InChI is InChI=1S/C23H24N4O5.C23H22N4O4/c1-30-10-11-31-21-13-19-17(12-18(21)22(24)28)20(8-9-25-19)32-16-6-4-15(5-7-16)27-23(29)26-14-2-3-14;1-29-10-11-30-22-13-20-19(12-15(22)14-24)21(8-9-25-20)31-18-6-4-17(5-7-18)27-23(28)26-16-2-3-16/h4-9,12-14H,2-3,10-11H2,1H3,(H2,24,28)(H2,26,27,29);4-9,12-13,16H,2-3,10-11H2,1H3,(H2,26,27,28). The van der Waals surface area contributed by atoms with E-state index in [2.05, 4.69) is 37.3 Å². The number of nitriles is 1. The summed E-state index contributed by atoms with van der Waals surface area (Å²) in [7, 11) is 3.15. The van der Waals surface area contributed by atoms with E-state index in [0.717, 1.165) is 25.7 Å². The fourth-order valence-electron chi connectivity index (χ4n) is 6.09. The van der Waals surface area contributed by atoms with Gasteiger partial charge < -0.3 is 55.4 Å². The minimum absolute atomic E-state index is 0.205. The van der Waals surface area contributed by atoms with Crippen LogP contribution in [0.5, 0.6) is 34.5 Å². The summed E-state index contributed by atoms with van der Waals surface area (Å²) in [6, 6.07) is 26.5. The highest BCUT2D eigenvalue weighted by molar-refractivity contribution is 6.01. The van der Waals surface area contributed by atoms with Crippen LogP contribution in [0.25, 0.3) is 21.8 Å². The number of hydrogen-bond acceptors (Lipinski definition) is 12. The number of nitrogens with zero attached hydrogens (tertiary/aromatic N) is 3. The van der Waals surface area contributed by atoms with Crippen molar-refractivity contribution in [1.82, 2.24) is 20.6 Å². The Hall–Kier alpha value is -7.68. The zero-order valence-corrected chi connectivity index (χ0v) is 34.6. The monoisotopic (exact) mass is 854 g/mol. The van der Waals surface area contributed by atoms with Gasteiger partial charge in [0.25, 0.3) is 5.91 Å². The molecular formula is C46H46N8O9. The van der Waals surface area contributed by atoms with E-state index < -0.39 is 5.91 Å². The Morgan fingerprint density at radius 3 is 1.54 bits per heavy atom. The van der Waals surface area contributed by atoms with Crippen LogP contribution in [0.3, 0.4) is 0 Å². The first kappa shape index (κ1) is 43.4. The molecule has 0 spiro atoms. The third kappa shape index (κ3) is 12.2. The quantitative estimate of drug-likeness (QED) is 0.0558. The van der Waals surface area contributed by atoms with E-state index in [4.69, 9.17) is 34.2 Å². The molecule has 0 unspecified atom stereocenters. The van der Waals surface area contributed by atoms with Crippen molar-refractivity contribution in [2.45, 2.75) is 37.8 Å². The summed E-state index contributed by atoms with van der Waals surface area (Å²) in [6.45, 7) is 1.41. The van der Waals surface area contributed by atoms with Crippen molar-refractivity contribution < 1.29 is 42.8 Å². The van der Waals surface area contributed by atoms with Gasteiger partial charge in [-0.25, -0.2) is 9.59 Å². The second-order valence-corrected chi connectivity index (χ2v) is 14.5. The van der Waals surface area contributed by atoms with Crippen molar-refractivity contribution in [1.29, 1.82) is 5.26 Å². The SMILES string of the molecule is COCCOc1cc2nccc(Oc3ccc(NC(=O)NC4CC4)cc3)c2cc1C#N.COCCOc1cc2nccc(Oc3ccc(NC(=O)NC4CC4)cc3)c2cc1C(N)=O. The molecule has 2 aliphatic rings. The van der Waals surface area contributed by atoms with Gasteiger partial charge in [-0.05, 0) is 98.5 Å². The first-order valence-electron chi connectivity index (χ1n) is 20.2. The maximum Gasteiger partial charge on any atom is 0.319 e. The highest BCUT2D eigenvalue weighted by atomic mass is 16.5. The third-order valence-corrected chi connectivity index (χ3v) is 9.59. The molecule has 6 N–H and O–H groups in total. The number of fused-ring (bicyclic) bond motifs is 2. The Bertz CT molecular complexity index is 2610. The fraction of sp³-hybridized carbons (Fsp3) is 0.261. The molecule has 2 saturated carbocycles. The summed E-state index contributed by atoms with van der Waals surface area (Å²) in [5.74, 6) is 2.41. The average molecular weight is 855 g/mol. The number of anilines is 2. The topological polar surface area (TPSA) is 230 Å². The highest BCUT2D eigenvalue weighted by Gasteiger charge is 2.24. The molecule has 6 aromatic rings. The summed E-state index contributed by atoms with van der Waals surface area (Å²) >= 11 is 0. The number of primary amides is 1. The number of nitrogens with two attached hydrogens (primary N) is 1. The van der Waals surface area contributed by atoms with Crippen LogP contribution >= 0.6 is 0 Å². The summed E-state index contributed by atoms with van der Waals surface area (Å²) in [4.78, 5) is 44.4. The van der Waals surface area contributed by atoms with E-state index >= 15 is 0 Å². The lowest BCUT2D eigenvalue weighted by Crippen LogP contribution is -2.30. The number of benzene rings is 4. The van der Waals surface area contributed by atoms with Crippen LogP contribution in [0.2, 0.25) is 0 Å². The minimum atomic E-state index is -0.617. The van der Waals surface area contributed by atoms with Crippen molar-refractivity contribution in [2.75, 3.05) is 51.3 Å². The van der Waals surface area contributed by atoms with E-state index in [0.29, 0.717) is 99.1 Å². The largest absolute Gasteiger partial charge is 0.490 e. The van der Waals surface area contributed by atoms with E-state index in [1.165, 1.54) is 0 Å². The van der Waals surface area contributed by atoms with Gasteiger partial charge in [-0.1, -0.05) is 0 Å². The molecule has 2 aromatic heterocycles. The molecule has 63 heavy (non-hydrogen) atoms. The molecule has 17 nitrogen and oxygen atoms in total. The second-order valence-electron chi connectivity index (χ2n) is 14.5. The Balaban J connectivity index is 0.000000189. The average Bonchev–Trinajstić information content (AvgIpc) is 4.24.